The molecular formula is C30H33N5. The summed E-state index contributed by atoms with van der Waals surface area (Å²) >= 11 is 0. The van der Waals surface area contributed by atoms with Crippen LogP contribution in [0.4, 0.5) is 0 Å². The van der Waals surface area contributed by atoms with E-state index in [-0.39, 0.29) is 16.2 Å². The minimum absolute atomic E-state index is 0.244. The maximum Gasteiger partial charge on any atom is 0.139 e. The van der Waals surface area contributed by atoms with Gasteiger partial charge in [0.2, 0.25) is 0 Å². The average Bonchev–Trinajstić information content (AvgIpc) is 3.56. The van der Waals surface area contributed by atoms with Crippen molar-refractivity contribution in [1.82, 2.24) is 24.5 Å². The normalized spacial score (nSPS) is 17.7. The second kappa shape index (κ2) is 6.97. The molecule has 5 heteroatoms. The molecule has 1 N–H and O–H groups in total. The molecule has 1 aliphatic rings. The Morgan fingerprint density at radius 3 is 2.00 bits per heavy atom. The number of fused-ring (bicyclic) bond motifs is 13. The van der Waals surface area contributed by atoms with Gasteiger partial charge in [-0.1, -0.05) is 71.9 Å². The Morgan fingerprint density at radius 1 is 0.714 bits per heavy atom. The summed E-state index contributed by atoms with van der Waals surface area (Å²) in [5.41, 5.74) is 6.09. The SMILES string of the molecule is Cc1cc2cc(c1)C(C)(C)c1[nH]c(c3ccccc13)-n1ccc(n1)C(C)(C)C(C)(C)c1ccn-2n1. The summed E-state index contributed by atoms with van der Waals surface area (Å²) in [6.45, 7) is 15.8. The molecule has 2 aromatic carbocycles. The monoisotopic (exact) mass is 463 g/mol. The smallest absolute Gasteiger partial charge is 0.139 e. The van der Waals surface area contributed by atoms with Gasteiger partial charge in [-0.3, -0.25) is 0 Å². The van der Waals surface area contributed by atoms with Crippen LogP contribution in [0.3, 0.4) is 0 Å². The van der Waals surface area contributed by atoms with E-state index in [1.807, 2.05) is 9.36 Å². The molecule has 0 saturated carbocycles. The van der Waals surface area contributed by atoms with E-state index >= 15 is 0 Å². The molecule has 178 valence electrons. The first kappa shape index (κ1) is 21.9. The summed E-state index contributed by atoms with van der Waals surface area (Å²) in [6, 6.07) is 19.7. The summed E-state index contributed by atoms with van der Waals surface area (Å²) in [5, 5.41) is 12.6. The number of aromatic nitrogens is 5. The minimum atomic E-state index is -0.261. The number of nitrogens with one attached hydrogen (secondary N) is 1. The summed E-state index contributed by atoms with van der Waals surface area (Å²) in [4.78, 5) is 3.80. The fourth-order valence-corrected chi connectivity index (χ4v) is 5.46. The Hall–Kier alpha value is -3.60. The summed E-state index contributed by atoms with van der Waals surface area (Å²) in [7, 11) is 0. The van der Waals surface area contributed by atoms with Gasteiger partial charge in [-0.05, 0) is 42.3 Å². The van der Waals surface area contributed by atoms with Gasteiger partial charge in [0.1, 0.15) is 5.82 Å². The summed E-state index contributed by atoms with van der Waals surface area (Å²) in [6.07, 6.45) is 4.17. The third-order valence-corrected chi connectivity index (χ3v) is 8.62. The minimum Gasteiger partial charge on any atom is -0.342 e. The predicted octanol–water partition coefficient (Wildman–Crippen LogP) is 6.74. The average molecular weight is 464 g/mol. The van der Waals surface area contributed by atoms with Crippen molar-refractivity contribution in [3.63, 3.8) is 0 Å². The molecule has 0 spiro atoms. The Labute approximate surface area is 206 Å². The van der Waals surface area contributed by atoms with Gasteiger partial charge < -0.3 is 4.98 Å². The number of hydrogen-bond donors (Lipinski definition) is 1. The van der Waals surface area contributed by atoms with Crippen molar-refractivity contribution < 1.29 is 0 Å². The molecule has 4 heterocycles. The molecule has 5 nitrogen and oxygen atoms in total. The molecule has 5 aromatic rings. The highest BCUT2D eigenvalue weighted by atomic mass is 15.3. The fourth-order valence-electron chi connectivity index (χ4n) is 5.46. The lowest BCUT2D eigenvalue weighted by Crippen LogP contribution is -2.41. The third kappa shape index (κ3) is 3.00. The molecule has 0 unspecified atom stereocenters. The van der Waals surface area contributed by atoms with Crippen molar-refractivity contribution >= 4 is 10.8 Å². The van der Waals surface area contributed by atoms with E-state index in [0.29, 0.717) is 0 Å². The van der Waals surface area contributed by atoms with E-state index in [4.69, 9.17) is 10.2 Å². The maximum atomic E-state index is 5.13. The van der Waals surface area contributed by atoms with Crippen LogP contribution in [0, 0.1) is 6.92 Å². The van der Waals surface area contributed by atoms with Crippen LogP contribution in [0.1, 0.15) is 69.8 Å². The van der Waals surface area contributed by atoms with E-state index in [1.54, 1.807) is 0 Å². The first-order valence-electron chi connectivity index (χ1n) is 12.4. The lowest BCUT2D eigenvalue weighted by molar-refractivity contribution is 0.286. The molecule has 0 radical (unpaired) electrons. The quantitative estimate of drug-likeness (QED) is 0.276. The lowest BCUT2D eigenvalue weighted by atomic mass is 9.64. The number of hydrogen-bond acceptors (Lipinski definition) is 2. The van der Waals surface area contributed by atoms with Crippen LogP contribution in [0.15, 0.2) is 67.0 Å². The van der Waals surface area contributed by atoms with Crippen LogP contribution in [0.2, 0.25) is 0 Å². The van der Waals surface area contributed by atoms with Crippen LogP contribution < -0.4 is 0 Å². The van der Waals surface area contributed by atoms with Crippen molar-refractivity contribution in [2.75, 3.05) is 0 Å². The van der Waals surface area contributed by atoms with Crippen molar-refractivity contribution in [3.05, 3.63) is 95.2 Å². The van der Waals surface area contributed by atoms with E-state index in [2.05, 4.69) is 120 Å². The van der Waals surface area contributed by atoms with Crippen LogP contribution in [0.25, 0.3) is 22.3 Å². The molecule has 6 rings (SSSR count). The zero-order valence-electron chi connectivity index (χ0n) is 21.6. The van der Waals surface area contributed by atoms with Crippen molar-refractivity contribution in [3.8, 4) is 11.5 Å². The number of aryl methyl sites for hydroxylation is 1. The van der Waals surface area contributed by atoms with Crippen LogP contribution >= 0.6 is 0 Å². The topological polar surface area (TPSA) is 51.4 Å². The van der Waals surface area contributed by atoms with E-state index in [0.717, 1.165) is 22.9 Å². The first-order valence-corrected chi connectivity index (χ1v) is 12.4. The molecule has 0 aliphatic carbocycles. The van der Waals surface area contributed by atoms with E-state index < -0.39 is 0 Å². The predicted molar refractivity (Wildman–Crippen MR) is 142 cm³/mol. The molecule has 35 heavy (non-hydrogen) atoms. The molecular weight excluding hydrogens is 430 g/mol. The number of aromatic amines is 1. The van der Waals surface area contributed by atoms with Gasteiger partial charge in [0.15, 0.2) is 0 Å². The fraction of sp³-hybridized carbons (Fsp3) is 0.333. The second-order valence-electron chi connectivity index (χ2n) is 11.6. The van der Waals surface area contributed by atoms with E-state index in [1.165, 1.54) is 27.6 Å². The maximum absolute atomic E-state index is 5.13. The first-order chi connectivity index (χ1) is 16.5. The zero-order chi connectivity index (χ0) is 24.8. The summed E-state index contributed by atoms with van der Waals surface area (Å²) in [5.74, 6) is 1.01. The molecule has 0 amide bonds. The third-order valence-electron chi connectivity index (χ3n) is 8.62. The largest absolute Gasteiger partial charge is 0.342 e. The van der Waals surface area contributed by atoms with Gasteiger partial charge in [0.05, 0.1) is 17.1 Å². The van der Waals surface area contributed by atoms with Gasteiger partial charge in [0.25, 0.3) is 0 Å². The van der Waals surface area contributed by atoms with E-state index in [9.17, 15) is 0 Å². The van der Waals surface area contributed by atoms with Gasteiger partial charge >= 0.3 is 0 Å². The van der Waals surface area contributed by atoms with Gasteiger partial charge in [-0.15, -0.1) is 0 Å². The van der Waals surface area contributed by atoms with Crippen molar-refractivity contribution in [2.24, 2.45) is 0 Å². The molecule has 0 saturated heterocycles. The lowest BCUT2D eigenvalue weighted by Gasteiger charge is -2.39. The molecule has 1 aliphatic heterocycles. The van der Waals surface area contributed by atoms with Gasteiger partial charge in [-0.2, -0.15) is 10.2 Å². The van der Waals surface area contributed by atoms with Crippen LogP contribution in [0.5, 0.6) is 0 Å². The molecule has 8 bridgehead atoms. The number of rotatable bonds is 0. The number of nitrogens with zero attached hydrogens (tertiary/aromatic N) is 4. The highest BCUT2D eigenvalue weighted by molar-refractivity contribution is 5.93. The Morgan fingerprint density at radius 2 is 1.31 bits per heavy atom. The highest BCUT2D eigenvalue weighted by Crippen LogP contribution is 2.44. The van der Waals surface area contributed by atoms with Crippen LogP contribution in [-0.4, -0.2) is 24.5 Å². The van der Waals surface area contributed by atoms with Gasteiger partial charge in [-0.25, -0.2) is 9.36 Å². The Bertz CT molecular complexity index is 1590. The molecule has 3 aromatic heterocycles. The second-order valence-corrected chi connectivity index (χ2v) is 11.6. The molecule has 0 atom stereocenters. The van der Waals surface area contributed by atoms with Crippen molar-refractivity contribution in [2.45, 2.75) is 64.7 Å². The Kier molecular flexibility index (Phi) is 4.36. The van der Waals surface area contributed by atoms with Crippen molar-refractivity contribution in [1.29, 1.82) is 0 Å². The van der Waals surface area contributed by atoms with Gasteiger partial charge in [0, 0.05) is 45.1 Å². The number of benzene rings is 2. The number of H-pyrrole nitrogens is 1. The Balaban J connectivity index is 1.72. The van der Waals surface area contributed by atoms with Crippen LogP contribution in [-0.2, 0) is 16.2 Å². The zero-order valence-corrected chi connectivity index (χ0v) is 21.6. The summed E-state index contributed by atoms with van der Waals surface area (Å²) < 4.78 is 4.03. The highest BCUT2D eigenvalue weighted by Gasteiger charge is 2.43. The molecule has 0 fully saturated rings. The standard InChI is InChI=1S/C30H33N5/c1-19-16-20-18-21(17-19)34-14-12-24(32-34)29(4,5)30(6,7)25-13-15-35(33-25)27-23-11-9-8-10-22(23)26(31-27)28(20,2)3/h8-18,31H,1-7H3.